The van der Waals surface area contributed by atoms with Gasteiger partial charge in [0.15, 0.2) is 0 Å². The fourth-order valence-corrected chi connectivity index (χ4v) is 1.87. The zero-order valence-corrected chi connectivity index (χ0v) is 11.0. The average Bonchev–Trinajstić information content (AvgIpc) is 2.68. The molecule has 0 fully saturated rings. The van der Waals surface area contributed by atoms with Crippen LogP contribution in [0.2, 0.25) is 0 Å². The molecule has 1 aromatic carbocycles. The molecule has 0 aliphatic rings. The van der Waals surface area contributed by atoms with Gasteiger partial charge >= 0.3 is 0 Å². The first-order valence-electron chi connectivity index (χ1n) is 5.07. The van der Waals surface area contributed by atoms with Gasteiger partial charge in [0.1, 0.15) is 0 Å². The Morgan fingerprint density at radius 2 is 2.18 bits per heavy atom. The van der Waals surface area contributed by atoms with Crippen LogP contribution >= 0.6 is 15.9 Å². The average molecular weight is 295 g/mol. The molecule has 0 aliphatic heterocycles. The van der Waals surface area contributed by atoms with E-state index < -0.39 is 0 Å². The molecule has 0 spiro atoms. The number of amides is 1. The Kier molecular flexibility index (Phi) is 3.28. The summed E-state index contributed by atoms with van der Waals surface area (Å²) < 4.78 is 5.72. The van der Waals surface area contributed by atoms with Crippen molar-refractivity contribution in [2.24, 2.45) is 0 Å². The fourth-order valence-electron chi connectivity index (χ4n) is 1.42. The number of benzene rings is 1. The van der Waals surface area contributed by atoms with E-state index in [-0.39, 0.29) is 5.91 Å². The predicted octanol–water partition coefficient (Wildman–Crippen LogP) is 3.31. The molecular weight excluding hydrogens is 284 g/mol. The lowest BCUT2D eigenvalue weighted by atomic mass is 10.1. The van der Waals surface area contributed by atoms with Crippen molar-refractivity contribution in [1.29, 1.82) is 0 Å². The highest BCUT2D eigenvalue weighted by Gasteiger charge is 2.13. The van der Waals surface area contributed by atoms with E-state index in [4.69, 9.17) is 4.52 Å². The van der Waals surface area contributed by atoms with E-state index in [1.54, 1.807) is 19.1 Å². The number of aromatic nitrogens is 1. The molecule has 0 saturated heterocycles. The van der Waals surface area contributed by atoms with Crippen molar-refractivity contribution in [3.8, 4) is 0 Å². The SMILES string of the molecule is Cc1cc(NC(=O)c2cccc(C)c2Br)on1. The molecule has 1 aromatic heterocycles. The van der Waals surface area contributed by atoms with Gasteiger partial charge in [0.2, 0.25) is 5.88 Å². The highest BCUT2D eigenvalue weighted by molar-refractivity contribution is 9.10. The summed E-state index contributed by atoms with van der Waals surface area (Å²) in [4.78, 5) is 12.0. The van der Waals surface area contributed by atoms with Crippen LogP contribution in [0.1, 0.15) is 21.6 Å². The van der Waals surface area contributed by atoms with Crippen molar-refractivity contribution in [2.75, 3.05) is 5.32 Å². The zero-order valence-electron chi connectivity index (χ0n) is 9.45. The second-order valence-electron chi connectivity index (χ2n) is 3.72. The van der Waals surface area contributed by atoms with Gasteiger partial charge in [-0.3, -0.25) is 10.1 Å². The standard InChI is InChI=1S/C12H11BrN2O2/c1-7-4-3-5-9(11(7)13)12(16)14-10-6-8(2)15-17-10/h3-6H,1-2H3,(H,14,16). The summed E-state index contributed by atoms with van der Waals surface area (Å²) in [6, 6.07) is 7.18. The molecule has 0 bridgehead atoms. The number of anilines is 1. The van der Waals surface area contributed by atoms with Crippen LogP contribution in [0.15, 0.2) is 33.3 Å². The van der Waals surface area contributed by atoms with Gasteiger partial charge in [-0.1, -0.05) is 17.3 Å². The Morgan fingerprint density at radius 1 is 1.41 bits per heavy atom. The van der Waals surface area contributed by atoms with Gasteiger partial charge in [-0.25, -0.2) is 0 Å². The van der Waals surface area contributed by atoms with E-state index in [9.17, 15) is 4.79 Å². The largest absolute Gasteiger partial charge is 0.338 e. The summed E-state index contributed by atoms with van der Waals surface area (Å²) in [6.07, 6.45) is 0. The van der Waals surface area contributed by atoms with Gasteiger partial charge in [-0.2, -0.15) is 0 Å². The first-order valence-corrected chi connectivity index (χ1v) is 5.87. The van der Waals surface area contributed by atoms with Crippen LogP contribution in [-0.2, 0) is 0 Å². The Labute approximate surface area is 107 Å². The van der Waals surface area contributed by atoms with E-state index in [2.05, 4.69) is 26.4 Å². The highest BCUT2D eigenvalue weighted by Crippen LogP contribution is 2.22. The summed E-state index contributed by atoms with van der Waals surface area (Å²) in [6.45, 7) is 3.72. The Hall–Kier alpha value is -1.62. The molecule has 1 heterocycles. The number of aryl methyl sites for hydroxylation is 2. The lowest BCUT2D eigenvalue weighted by Gasteiger charge is -2.05. The zero-order chi connectivity index (χ0) is 12.4. The maximum Gasteiger partial charge on any atom is 0.259 e. The maximum absolute atomic E-state index is 12.0. The number of halogens is 1. The number of hydrogen-bond donors (Lipinski definition) is 1. The Balaban J connectivity index is 2.23. The van der Waals surface area contributed by atoms with Gasteiger partial charge in [-0.15, -0.1) is 0 Å². The van der Waals surface area contributed by atoms with Crippen molar-refractivity contribution in [3.63, 3.8) is 0 Å². The van der Waals surface area contributed by atoms with Gasteiger partial charge in [0.25, 0.3) is 5.91 Å². The molecular formula is C12H11BrN2O2. The van der Waals surface area contributed by atoms with Crippen LogP contribution < -0.4 is 5.32 Å². The van der Waals surface area contributed by atoms with E-state index in [0.29, 0.717) is 11.4 Å². The Morgan fingerprint density at radius 3 is 2.82 bits per heavy atom. The monoisotopic (exact) mass is 294 g/mol. The molecule has 4 nitrogen and oxygen atoms in total. The number of carbonyl (C=O) groups is 1. The third-order valence-corrected chi connectivity index (χ3v) is 3.35. The molecule has 0 atom stereocenters. The topological polar surface area (TPSA) is 55.1 Å². The fraction of sp³-hybridized carbons (Fsp3) is 0.167. The summed E-state index contributed by atoms with van der Waals surface area (Å²) in [7, 11) is 0. The minimum Gasteiger partial charge on any atom is -0.338 e. The summed E-state index contributed by atoms with van der Waals surface area (Å²) >= 11 is 3.39. The molecule has 1 amide bonds. The predicted molar refractivity (Wildman–Crippen MR) is 68.1 cm³/mol. The van der Waals surface area contributed by atoms with Crippen LogP contribution in [0.3, 0.4) is 0 Å². The molecule has 0 aliphatic carbocycles. The van der Waals surface area contributed by atoms with E-state index in [1.165, 1.54) is 0 Å². The van der Waals surface area contributed by atoms with Gasteiger partial charge in [0.05, 0.1) is 11.3 Å². The third-order valence-electron chi connectivity index (χ3n) is 2.30. The molecule has 2 aromatic rings. The number of hydrogen-bond acceptors (Lipinski definition) is 3. The van der Waals surface area contributed by atoms with Crippen LogP contribution in [0, 0.1) is 13.8 Å². The van der Waals surface area contributed by atoms with Crippen LogP contribution in [0.4, 0.5) is 5.88 Å². The lowest BCUT2D eigenvalue weighted by Crippen LogP contribution is -2.12. The van der Waals surface area contributed by atoms with Crippen molar-refractivity contribution >= 4 is 27.7 Å². The Bertz CT molecular complexity index is 563. The smallest absolute Gasteiger partial charge is 0.259 e. The van der Waals surface area contributed by atoms with Crippen molar-refractivity contribution in [3.05, 3.63) is 45.6 Å². The summed E-state index contributed by atoms with van der Waals surface area (Å²) in [5.41, 5.74) is 2.30. The van der Waals surface area contributed by atoms with Crippen LogP contribution in [0.5, 0.6) is 0 Å². The van der Waals surface area contributed by atoms with Crippen LogP contribution in [0.25, 0.3) is 0 Å². The quantitative estimate of drug-likeness (QED) is 0.924. The molecule has 17 heavy (non-hydrogen) atoms. The first-order chi connectivity index (χ1) is 8.08. The van der Waals surface area contributed by atoms with Gasteiger partial charge < -0.3 is 4.52 Å². The molecule has 1 N–H and O–H groups in total. The molecule has 0 radical (unpaired) electrons. The minimum atomic E-state index is -0.225. The number of carbonyl (C=O) groups excluding carboxylic acids is 1. The molecule has 2 rings (SSSR count). The second-order valence-corrected chi connectivity index (χ2v) is 4.52. The second kappa shape index (κ2) is 4.71. The normalized spacial score (nSPS) is 10.3. The van der Waals surface area contributed by atoms with Gasteiger partial charge in [0, 0.05) is 10.5 Å². The number of nitrogens with zero attached hydrogens (tertiary/aromatic N) is 1. The lowest BCUT2D eigenvalue weighted by molar-refractivity contribution is 0.102. The van der Waals surface area contributed by atoms with Crippen molar-refractivity contribution < 1.29 is 9.32 Å². The van der Waals surface area contributed by atoms with Gasteiger partial charge in [-0.05, 0) is 41.4 Å². The van der Waals surface area contributed by atoms with E-state index >= 15 is 0 Å². The third kappa shape index (κ3) is 2.55. The summed E-state index contributed by atoms with van der Waals surface area (Å²) in [5, 5.41) is 6.35. The molecule has 5 heteroatoms. The van der Waals surface area contributed by atoms with Crippen LogP contribution in [-0.4, -0.2) is 11.1 Å². The molecule has 0 unspecified atom stereocenters. The minimum absolute atomic E-state index is 0.225. The van der Waals surface area contributed by atoms with Crippen molar-refractivity contribution in [1.82, 2.24) is 5.16 Å². The molecule has 88 valence electrons. The van der Waals surface area contributed by atoms with E-state index in [0.717, 1.165) is 15.7 Å². The number of rotatable bonds is 2. The maximum atomic E-state index is 12.0. The van der Waals surface area contributed by atoms with Crippen molar-refractivity contribution in [2.45, 2.75) is 13.8 Å². The number of nitrogens with one attached hydrogen (secondary N) is 1. The summed E-state index contributed by atoms with van der Waals surface area (Å²) in [5.74, 6) is 0.123. The first kappa shape index (κ1) is 11.9. The molecule has 0 saturated carbocycles. The highest BCUT2D eigenvalue weighted by atomic mass is 79.9. The van der Waals surface area contributed by atoms with E-state index in [1.807, 2.05) is 19.1 Å².